The number of allylic oxidation sites excluding steroid dienone is 2. The third kappa shape index (κ3) is 19.5. The summed E-state index contributed by atoms with van der Waals surface area (Å²) in [5, 5.41) is 8.96. The molecule has 0 fully saturated rings. The molecule has 0 aliphatic carbocycles. The lowest BCUT2D eigenvalue weighted by atomic mass is 9.97. The highest BCUT2D eigenvalue weighted by atomic mass is 16.5. The second-order valence-electron chi connectivity index (χ2n) is 7.94. The number of hydrogen-bond donors (Lipinski definition) is 1. The van der Waals surface area contributed by atoms with Crippen LogP contribution in [-0.4, -0.2) is 23.7 Å². The summed E-state index contributed by atoms with van der Waals surface area (Å²) >= 11 is 0. The Kier molecular flexibility index (Phi) is 20.0. The van der Waals surface area contributed by atoms with Gasteiger partial charge in [-0.05, 0) is 32.1 Å². The molecule has 0 aromatic heterocycles. The number of hydrogen-bond acceptors (Lipinski definition) is 3. The van der Waals surface area contributed by atoms with Crippen LogP contribution in [0.15, 0.2) is 24.8 Å². The van der Waals surface area contributed by atoms with Crippen molar-refractivity contribution in [2.75, 3.05) is 6.61 Å². The summed E-state index contributed by atoms with van der Waals surface area (Å²) in [6, 6.07) is 0. The van der Waals surface area contributed by atoms with Crippen molar-refractivity contribution in [2.45, 2.75) is 110 Å². The molecule has 1 atom stereocenters. The van der Waals surface area contributed by atoms with E-state index in [2.05, 4.69) is 25.7 Å². The van der Waals surface area contributed by atoms with Crippen LogP contribution in [0, 0.1) is 5.92 Å². The second-order valence-corrected chi connectivity index (χ2v) is 7.94. The van der Waals surface area contributed by atoms with Crippen molar-refractivity contribution in [1.29, 1.82) is 0 Å². The minimum Gasteiger partial charge on any atom is -0.481 e. The van der Waals surface area contributed by atoms with E-state index in [4.69, 9.17) is 9.84 Å². The third-order valence-corrected chi connectivity index (χ3v) is 5.16. The van der Waals surface area contributed by atoms with E-state index >= 15 is 0 Å². The normalized spacial score (nSPS) is 12.2. The minimum absolute atomic E-state index is 0.141. The number of ether oxygens (including phenoxy) is 1. The van der Waals surface area contributed by atoms with Gasteiger partial charge in [0.25, 0.3) is 0 Å². The fourth-order valence-electron chi connectivity index (χ4n) is 3.41. The standard InChI is InChI=1S/C25H44O4/c1-3-5-6-7-8-9-10-11-12-13-14-15-16-17-18-19-20-23(22-24(26)27)25(28)29-21-4-2/h4,11-12,23H,2-3,5-10,13-22H2,1H3,(H,26,27)/b12-11+. The van der Waals surface area contributed by atoms with Crippen LogP contribution in [0.3, 0.4) is 0 Å². The van der Waals surface area contributed by atoms with Gasteiger partial charge in [-0.25, -0.2) is 0 Å². The molecule has 29 heavy (non-hydrogen) atoms. The molecule has 1 N–H and O–H groups in total. The number of carbonyl (C=O) groups excluding carboxylic acids is 1. The van der Waals surface area contributed by atoms with Gasteiger partial charge in [-0.1, -0.05) is 95.9 Å². The Bertz CT molecular complexity index is 442. The first-order valence-corrected chi connectivity index (χ1v) is 11.8. The van der Waals surface area contributed by atoms with Crippen LogP contribution < -0.4 is 0 Å². The Labute approximate surface area is 178 Å². The molecule has 4 heteroatoms. The monoisotopic (exact) mass is 408 g/mol. The molecule has 0 amide bonds. The van der Waals surface area contributed by atoms with E-state index in [1.54, 1.807) is 0 Å². The first kappa shape index (κ1) is 27.4. The number of aliphatic carboxylic acids is 1. The predicted octanol–water partition coefficient (Wildman–Crippen LogP) is 7.23. The van der Waals surface area contributed by atoms with E-state index in [1.165, 1.54) is 76.7 Å². The molecule has 0 aliphatic rings. The van der Waals surface area contributed by atoms with Crippen molar-refractivity contribution < 1.29 is 19.4 Å². The van der Waals surface area contributed by atoms with Crippen LogP contribution >= 0.6 is 0 Å². The molecule has 0 saturated carbocycles. The van der Waals surface area contributed by atoms with Crippen LogP contribution in [-0.2, 0) is 14.3 Å². The minimum atomic E-state index is -0.949. The number of esters is 1. The van der Waals surface area contributed by atoms with E-state index in [0.29, 0.717) is 6.42 Å². The Morgan fingerprint density at radius 2 is 1.38 bits per heavy atom. The molecule has 0 aromatic carbocycles. The zero-order chi connectivity index (χ0) is 21.6. The van der Waals surface area contributed by atoms with Gasteiger partial charge >= 0.3 is 11.9 Å². The molecule has 0 bridgehead atoms. The van der Waals surface area contributed by atoms with Crippen molar-refractivity contribution in [2.24, 2.45) is 5.92 Å². The molecule has 0 heterocycles. The summed E-state index contributed by atoms with van der Waals surface area (Å²) in [5.74, 6) is -1.90. The lowest BCUT2D eigenvalue weighted by molar-refractivity contribution is -0.152. The maximum Gasteiger partial charge on any atom is 0.309 e. The van der Waals surface area contributed by atoms with Crippen molar-refractivity contribution in [3.05, 3.63) is 24.8 Å². The van der Waals surface area contributed by atoms with Crippen molar-refractivity contribution in [1.82, 2.24) is 0 Å². The van der Waals surface area contributed by atoms with E-state index in [1.807, 2.05) is 0 Å². The highest BCUT2D eigenvalue weighted by molar-refractivity contribution is 5.79. The fourth-order valence-corrected chi connectivity index (χ4v) is 3.41. The molecule has 0 spiro atoms. The van der Waals surface area contributed by atoms with E-state index < -0.39 is 17.9 Å². The lowest BCUT2D eigenvalue weighted by Crippen LogP contribution is -2.21. The van der Waals surface area contributed by atoms with Crippen molar-refractivity contribution in [3.63, 3.8) is 0 Å². The first-order chi connectivity index (χ1) is 14.1. The largest absolute Gasteiger partial charge is 0.481 e. The summed E-state index contributed by atoms with van der Waals surface area (Å²) in [5.41, 5.74) is 0. The van der Waals surface area contributed by atoms with E-state index in [-0.39, 0.29) is 13.0 Å². The Morgan fingerprint density at radius 3 is 1.90 bits per heavy atom. The van der Waals surface area contributed by atoms with Gasteiger partial charge in [0.2, 0.25) is 0 Å². The molecule has 1 unspecified atom stereocenters. The zero-order valence-corrected chi connectivity index (χ0v) is 18.7. The van der Waals surface area contributed by atoms with E-state index in [9.17, 15) is 9.59 Å². The molecule has 0 saturated heterocycles. The summed E-state index contributed by atoms with van der Waals surface area (Å²) < 4.78 is 5.01. The molecular formula is C25H44O4. The van der Waals surface area contributed by atoms with Crippen LogP contribution in [0.5, 0.6) is 0 Å². The summed E-state index contributed by atoms with van der Waals surface area (Å²) in [6.45, 7) is 5.90. The fraction of sp³-hybridized carbons (Fsp3) is 0.760. The smallest absolute Gasteiger partial charge is 0.309 e. The maximum absolute atomic E-state index is 11.9. The van der Waals surface area contributed by atoms with Gasteiger partial charge in [0.05, 0.1) is 12.3 Å². The Hall–Kier alpha value is -1.58. The summed E-state index contributed by atoms with van der Waals surface area (Å²) in [7, 11) is 0. The van der Waals surface area contributed by atoms with Crippen LogP contribution in [0.4, 0.5) is 0 Å². The van der Waals surface area contributed by atoms with Gasteiger partial charge in [0.1, 0.15) is 6.61 Å². The van der Waals surface area contributed by atoms with Crippen LogP contribution in [0.1, 0.15) is 110 Å². The molecule has 0 aliphatic heterocycles. The number of carboxylic acids is 1. The van der Waals surface area contributed by atoms with Crippen molar-refractivity contribution in [3.8, 4) is 0 Å². The first-order valence-electron chi connectivity index (χ1n) is 11.8. The molecule has 0 radical (unpaired) electrons. The average molecular weight is 409 g/mol. The molecule has 0 aromatic rings. The van der Waals surface area contributed by atoms with Crippen molar-refractivity contribution >= 4 is 11.9 Å². The van der Waals surface area contributed by atoms with Gasteiger partial charge in [-0.3, -0.25) is 9.59 Å². The average Bonchev–Trinajstić information content (AvgIpc) is 2.70. The highest BCUT2D eigenvalue weighted by Crippen LogP contribution is 2.17. The quantitative estimate of drug-likeness (QED) is 0.124. The molecular weight excluding hydrogens is 364 g/mol. The Balaban J connectivity index is 3.58. The van der Waals surface area contributed by atoms with E-state index in [0.717, 1.165) is 19.3 Å². The van der Waals surface area contributed by atoms with Gasteiger partial charge in [-0.2, -0.15) is 0 Å². The topological polar surface area (TPSA) is 63.6 Å². The predicted molar refractivity (Wildman–Crippen MR) is 121 cm³/mol. The third-order valence-electron chi connectivity index (χ3n) is 5.16. The SMILES string of the molecule is C=CCOC(=O)C(CCCCCCCC/C=C/CCCCCCCC)CC(=O)O. The van der Waals surface area contributed by atoms with Gasteiger partial charge < -0.3 is 9.84 Å². The van der Waals surface area contributed by atoms with Gasteiger partial charge in [0, 0.05) is 0 Å². The van der Waals surface area contributed by atoms with Gasteiger partial charge in [0.15, 0.2) is 0 Å². The lowest BCUT2D eigenvalue weighted by Gasteiger charge is -2.13. The van der Waals surface area contributed by atoms with Gasteiger partial charge in [-0.15, -0.1) is 0 Å². The molecule has 168 valence electrons. The van der Waals surface area contributed by atoms with Crippen LogP contribution in [0.25, 0.3) is 0 Å². The van der Waals surface area contributed by atoms with Crippen LogP contribution in [0.2, 0.25) is 0 Å². The second kappa shape index (κ2) is 21.1. The number of carboxylic acid groups (broad SMARTS) is 1. The number of unbranched alkanes of at least 4 members (excludes halogenated alkanes) is 12. The summed E-state index contributed by atoms with van der Waals surface area (Å²) in [6.07, 6.45) is 23.9. The number of carbonyl (C=O) groups is 2. The number of rotatable bonds is 21. The molecule has 4 nitrogen and oxygen atoms in total. The highest BCUT2D eigenvalue weighted by Gasteiger charge is 2.22. The molecule has 0 rings (SSSR count). The summed E-state index contributed by atoms with van der Waals surface area (Å²) in [4.78, 5) is 22.8. The zero-order valence-electron chi connectivity index (χ0n) is 18.7. The Morgan fingerprint density at radius 1 is 0.862 bits per heavy atom. The maximum atomic E-state index is 11.9.